The molecule has 0 fully saturated rings. The fraction of sp³-hybridized carbons (Fsp3) is 0.194. The largest absolute Gasteiger partial charge is 0.496 e. The van der Waals surface area contributed by atoms with E-state index in [1.54, 1.807) is 13.2 Å². The number of nitrogens with zero attached hydrogens (tertiary/aromatic N) is 3. The Morgan fingerprint density at radius 3 is 2.50 bits per heavy atom. The lowest BCUT2D eigenvalue weighted by atomic mass is 9.98. The maximum Gasteiger partial charge on any atom is 0.280 e. The van der Waals surface area contributed by atoms with E-state index in [1.165, 1.54) is 0 Å². The van der Waals surface area contributed by atoms with E-state index in [-0.39, 0.29) is 11.8 Å². The minimum atomic E-state index is -0.363. The Labute approximate surface area is 220 Å². The van der Waals surface area contributed by atoms with Crippen LogP contribution in [0, 0.1) is 6.92 Å². The van der Waals surface area contributed by atoms with Crippen LogP contribution in [0.4, 0.5) is 0 Å². The van der Waals surface area contributed by atoms with Gasteiger partial charge in [0, 0.05) is 12.1 Å². The molecule has 2 aromatic heterocycles. The summed E-state index contributed by atoms with van der Waals surface area (Å²) >= 11 is 0. The molecular formula is C31H27N3O4. The Balaban J connectivity index is 1.47. The number of para-hydroxylation sites is 2. The average molecular weight is 506 g/mol. The molecule has 190 valence electrons. The lowest BCUT2D eigenvalue weighted by Crippen LogP contribution is -2.05. The molecule has 3 heterocycles. The van der Waals surface area contributed by atoms with Crippen molar-refractivity contribution in [1.29, 1.82) is 0 Å². The molecule has 0 spiro atoms. The highest BCUT2D eigenvalue weighted by Gasteiger charge is 2.36. The number of amides is 1. The number of carbonyl (C=O) groups is 1. The Kier molecular flexibility index (Phi) is 5.83. The number of oxazole rings is 1. The summed E-state index contributed by atoms with van der Waals surface area (Å²) in [5.74, 6) is 0.657. The van der Waals surface area contributed by atoms with Crippen molar-refractivity contribution in [2.24, 2.45) is 4.99 Å². The molecule has 1 aliphatic heterocycles. The minimum Gasteiger partial charge on any atom is -0.496 e. The van der Waals surface area contributed by atoms with Crippen molar-refractivity contribution in [2.45, 2.75) is 33.2 Å². The maximum absolute atomic E-state index is 13.3. The smallest absolute Gasteiger partial charge is 0.280 e. The van der Waals surface area contributed by atoms with Crippen molar-refractivity contribution in [3.63, 3.8) is 0 Å². The van der Waals surface area contributed by atoms with Gasteiger partial charge in [-0.05, 0) is 43.2 Å². The van der Waals surface area contributed by atoms with Gasteiger partial charge in [-0.25, -0.2) is 9.98 Å². The first-order valence-electron chi connectivity index (χ1n) is 12.7. The van der Waals surface area contributed by atoms with E-state index in [9.17, 15) is 9.90 Å². The number of aliphatic imine (C=N–C) groups is 1. The lowest BCUT2D eigenvalue weighted by molar-refractivity contribution is 0.101. The molecule has 0 atom stereocenters. The van der Waals surface area contributed by atoms with Crippen LogP contribution in [-0.2, 0) is 6.54 Å². The van der Waals surface area contributed by atoms with Gasteiger partial charge in [-0.15, -0.1) is 0 Å². The topological polar surface area (TPSA) is 89.9 Å². The number of hydrogen-bond acceptors (Lipinski definition) is 5. The van der Waals surface area contributed by atoms with Crippen LogP contribution in [0.3, 0.4) is 0 Å². The van der Waals surface area contributed by atoms with Gasteiger partial charge in [-0.1, -0.05) is 61.4 Å². The Hall–Kier alpha value is -4.65. The van der Waals surface area contributed by atoms with Crippen LogP contribution < -0.4 is 4.74 Å². The van der Waals surface area contributed by atoms with E-state index < -0.39 is 0 Å². The summed E-state index contributed by atoms with van der Waals surface area (Å²) < 4.78 is 13.5. The normalized spacial score (nSPS) is 12.7. The van der Waals surface area contributed by atoms with Gasteiger partial charge >= 0.3 is 0 Å². The van der Waals surface area contributed by atoms with E-state index in [4.69, 9.17) is 9.15 Å². The zero-order valence-electron chi connectivity index (χ0n) is 21.5. The van der Waals surface area contributed by atoms with Crippen molar-refractivity contribution in [2.75, 3.05) is 7.11 Å². The number of methoxy groups -OCH3 is 1. The molecule has 1 amide bonds. The number of hydrogen-bond donors (Lipinski definition) is 1. The van der Waals surface area contributed by atoms with Gasteiger partial charge in [0.15, 0.2) is 5.58 Å². The van der Waals surface area contributed by atoms with Crippen molar-refractivity contribution >= 4 is 22.7 Å². The summed E-state index contributed by atoms with van der Waals surface area (Å²) in [4.78, 5) is 22.3. The van der Waals surface area contributed by atoms with Gasteiger partial charge in [0.05, 0.1) is 35.2 Å². The summed E-state index contributed by atoms with van der Waals surface area (Å²) in [6, 6.07) is 21.0. The first kappa shape index (κ1) is 23.7. The number of unbranched alkanes of at least 4 members (excludes halogenated alkanes) is 1. The highest BCUT2D eigenvalue weighted by molar-refractivity contribution is 6.30. The molecule has 38 heavy (non-hydrogen) atoms. The predicted molar refractivity (Wildman–Crippen MR) is 147 cm³/mol. The first-order valence-corrected chi connectivity index (χ1v) is 12.7. The molecular weight excluding hydrogens is 478 g/mol. The van der Waals surface area contributed by atoms with Crippen molar-refractivity contribution in [1.82, 2.24) is 9.55 Å². The van der Waals surface area contributed by atoms with Crippen LogP contribution in [0.2, 0.25) is 0 Å². The van der Waals surface area contributed by atoms with E-state index >= 15 is 0 Å². The number of ether oxygens (including phenoxy) is 1. The Bertz CT molecular complexity index is 1690. The summed E-state index contributed by atoms with van der Waals surface area (Å²) in [6.45, 7) is 4.72. The third kappa shape index (κ3) is 3.78. The molecule has 7 heteroatoms. The highest BCUT2D eigenvalue weighted by Crippen LogP contribution is 2.42. The predicted octanol–water partition coefficient (Wildman–Crippen LogP) is 6.78. The molecule has 0 saturated carbocycles. The second-order valence-corrected chi connectivity index (χ2v) is 9.46. The van der Waals surface area contributed by atoms with Crippen molar-refractivity contribution in [3.8, 4) is 34.3 Å². The Morgan fingerprint density at radius 2 is 1.76 bits per heavy atom. The molecule has 0 saturated heterocycles. The lowest BCUT2D eigenvalue weighted by Gasteiger charge is -2.12. The summed E-state index contributed by atoms with van der Waals surface area (Å²) in [5, 5.41) is 11.4. The second-order valence-electron chi connectivity index (χ2n) is 9.46. The van der Waals surface area contributed by atoms with E-state index in [1.807, 2.05) is 72.2 Å². The van der Waals surface area contributed by atoms with Crippen LogP contribution in [0.25, 0.3) is 33.8 Å². The van der Waals surface area contributed by atoms with Crippen molar-refractivity contribution in [3.05, 3.63) is 89.0 Å². The van der Waals surface area contributed by atoms with E-state index in [2.05, 4.69) is 16.9 Å². The van der Waals surface area contributed by atoms with Gasteiger partial charge in [-0.3, -0.25) is 4.79 Å². The number of aromatic nitrogens is 2. The SMILES string of the molecule is CCCCn1c(O)c2c(c1-c1ccc(C)cc1)C(=O)N=C2c1ccc(-c2nc3ccccc3o2)c(OC)c1. The summed E-state index contributed by atoms with van der Waals surface area (Å²) in [5.41, 5.74) is 6.79. The minimum absolute atomic E-state index is 0.0515. The molecule has 1 N–H and O–H groups in total. The number of benzene rings is 3. The zero-order chi connectivity index (χ0) is 26.4. The molecule has 0 radical (unpaired) electrons. The fourth-order valence-electron chi connectivity index (χ4n) is 5.01. The number of aromatic hydroxyl groups is 1. The monoisotopic (exact) mass is 505 g/mol. The fourth-order valence-corrected chi connectivity index (χ4v) is 5.01. The molecule has 0 aliphatic carbocycles. The maximum atomic E-state index is 13.3. The van der Waals surface area contributed by atoms with Crippen LogP contribution in [0.5, 0.6) is 11.6 Å². The molecule has 3 aromatic carbocycles. The van der Waals surface area contributed by atoms with Crippen LogP contribution in [-0.4, -0.2) is 33.4 Å². The Morgan fingerprint density at radius 1 is 1.00 bits per heavy atom. The standard InChI is InChI=1S/C31H27N3O4/c1-4-5-16-34-28(19-12-10-18(2)11-13-19)26-25(31(34)36)27(33-29(26)35)20-14-15-21(24(17-20)37-3)30-32-22-8-6-7-9-23(22)38-30/h6-15,17,36H,4-5,16H2,1-3H3. The molecule has 6 rings (SSSR count). The third-order valence-electron chi connectivity index (χ3n) is 6.96. The van der Waals surface area contributed by atoms with Gasteiger partial charge in [-0.2, -0.15) is 0 Å². The average Bonchev–Trinajstić information content (AvgIpc) is 3.60. The van der Waals surface area contributed by atoms with E-state index in [0.29, 0.717) is 57.4 Å². The van der Waals surface area contributed by atoms with E-state index in [0.717, 1.165) is 29.5 Å². The first-order chi connectivity index (χ1) is 18.5. The van der Waals surface area contributed by atoms with Gasteiger partial charge < -0.3 is 18.8 Å². The molecule has 0 unspecified atom stereocenters. The number of rotatable bonds is 7. The molecule has 1 aliphatic rings. The van der Waals surface area contributed by atoms with Gasteiger partial charge in [0.25, 0.3) is 5.91 Å². The van der Waals surface area contributed by atoms with Crippen LogP contribution >= 0.6 is 0 Å². The third-order valence-corrected chi connectivity index (χ3v) is 6.96. The number of fused-ring (bicyclic) bond motifs is 2. The highest BCUT2D eigenvalue weighted by atomic mass is 16.5. The van der Waals surface area contributed by atoms with Crippen molar-refractivity contribution < 1.29 is 19.1 Å². The van der Waals surface area contributed by atoms with Gasteiger partial charge in [0.1, 0.15) is 11.3 Å². The summed E-state index contributed by atoms with van der Waals surface area (Å²) in [6.07, 6.45) is 1.83. The van der Waals surface area contributed by atoms with Crippen LogP contribution in [0.15, 0.2) is 76.1 Å². The molecule has 0 bridgehead atoms. The second kappa shape index (κ2) is 9.34. The van der Waals surface area contributed by atoms with Gasteiger partial charge in [0.2, 0.25) is 11.8 Å². The summed E-state index contributed by atoms with van der Waals surface area (Å²) in [7, 11) is 1.58. The quantitative estimate of drug-likeness (QED) is 0.263. The molecule has 5 aromatic rings. The van der Waals surface area contributed by atoms with Crippen LogP contribution in [0.1, 0.15) is 46.8 Å². The number of carbonyl (C=O) groups excluding carboxylic acids is 1. The number of aryl methyl sites for hydroxylation is 1. The zero-order valence-corrected chi connectivity index (χ0v) is 21.5. The molecule has 7 nitrogen and oxygen atoms in total.